The molecule has 1 aromatic heterocycles. The molecule has 3 nitrogen and oxygen atoms in total. The van der Waals surface area contributed by atoms with E-state index >= 15 is 0 Å². The van der Waals surface area contributed by atoms with Crippen LogP contribution < -0.4 is 5.73 Å². The Morgan fingerprint density at radius 1 is 0.724 bits per heavy atom. The van der Waals surface area contributed by atoms with Crippen molar-refractivity contribution in [3.05, 3.63) is 102 Å². The molecule has 4 rings (SSSR count). The lowest BCUT2D eigenvalue weighted by molar-refractivity contribution is 0.623. The molecule has 0 unspecified atom stereocenters. The predicted molar refractivity (Wildman–Crippen MR) is 106 cm³/mol. The number of hydrogen-bond donors (Lipinski definition) is 2. The molecule has 1 atom stereocenters. The lowest BCUT2D eigenvalue weighted by atomic mass is 10.0. The van der Waals surface area contributed by atoms with Gasteiger partial charge in [0.15, 0.2) is 0 Å². The molecule has 29 heavy (non-hydrogen) atoms. The largest absolute Gasteiger partial charge is 0.341 e. The average molecular weight is 393 g/mol. The minimum absolute atomic E-state index is 0.323. The van der Waals surface area contributed by atoms with Crippen molar-refractivity contribution in [2.45, 2.75) is 12.5 Å². The molecule has 0 amide bonds. The van der Waals surface area contributed by atoms with Gasteiger partial charge in [0.05, 0.1) is 11.4 Å². The molecule has 3 aromatic carbocycles. The Morgan fingerprint density at radius 2 is 1.21 bits per heavy atom. The third kappa shape index (κ3) is 4.22. The molecule has 0 fully saturated rings. The Labute approximate surface area is 166 Å². The zero-order valence-corrected chi connectivity index (χ0v) is 15.4. The molecule has 3 N–H and O–H groups in total. The second-order valence-electron chi connectivity index (χ2n) is 6.78. The summed E-state index contributed by atoms with van der Waals surface area (Å²) < 4.78 is 39.9. The van der Waals surface area contributed by atoms with Gasteiger partial charge in [0.2, 0.25) is 0 Å². The van der Waals surface area contributed by atoms with Gasteiger partial charge in [0, 0.05) is 23.6 Å². The van der Waals surface area contributed by atoms with E-state index in [1.54, 1.807) is 36.4 Å². The highest BCUT2D eigenvalue weighted by atomic mass is 19.1. The maximum absolute atomic E-state index is 13.4. The monoisotopic (exact) mass is 393 g/mol. The lowest BCUT2D eigenvalue weighted by Gasteiger charge is -2.10. The van der Waals surface area contributed by atoms with Crippen molar-refractivity contribution in [1.82, 2.24) is 9.97 Å². The Bertz CT molecular complexity index is 1040. The van der Waals surface area contributed by atoms with Crippen LogP contribution in [0.5, 0.6) is 0 Å². The number of nitrogens with zero attached hydrogens (tertiary/aromatic N) is 1. The normalized spacial score (nSPS) is 12.1. The highest BCUT2D eigenvalue weighted by Gasteiger charge is 2.17. The van der Waals surface area contributed by atoms with Gasteiger partial charge in [-0.1, -0.05) is 12.1 Å². The van der Waals surface area contributed by atoms with Crippen LogP contribution in [0.3, 0.4) is 0 Å². The van der Waals surface area contributed by atoms with Crippen molar-refractivity contribution in [3.63, 3.8) is 0 Å². The Morgan fingerprint density at radius 3 is 1.76 bits per heavy atom. The second-order valence-corrected chi connectivity index (χ2v) is 6.78. The van der Waals surface area contributed by atoms with Crippen molar-refractivity contribution in [2.24, 2.45) is 5.73 Å². The highest BCUT2D eigenvalue weighted by Crippen LogP contribution is 2.31. The number of nitrogens with two attached hydrogens (primary N) is 1. The Hall–Kier alpha value is -3.38. The molecule has 0 spiro atoms. The van der Waals surface area contributed by atoms with Crippen molar-refractivity contribution in [2.75, 3.05) is 0 Å². The fourth-order valence-electron chi connectivity index (χ4n) is 3.20. The maximum Gasteiger partial charge on any atom is 0.123 e. The first-order valence-electron chi connectivity index (χ1n) is 9.11. The third-order valence-electron chi connectivity index (χ3n) is 4.71. The number of aromatic amines is 1. The summed E-state index contributed by atoms with van der Waals surface area (Å²) in [7, 11) is 0. The topological polar surface area (TPSA) is 54.7 Å². The van der Waals surface area contributed by atoms with E-state index in [1.165, 1.54) is 36.4 Å². The Kier molecular flexibility index (Phi) is 5.18. The van der Waals surface area contributed by atoms with Gasteiger partial charge in [-0.25, -0.2) is 18.2 Å². The summed E-state index contributed by atoms with van der Waals surface area (Å²) in [6, 6.07) is 17.7. The van der Waals surface area contributed by atoms with Crippen molar-refractivity contribution >= 4 is 0 Å². The van der Waals surface area contributed by atoms with Crippen LogP contribution in [-0.2, 0) is 6.42 Å². The highest BCUT2D eigenvalue weighted by molar-refractivity contribution is 5.78. The van der Waals surface area contributed by atoms with Gasteiger partial charge in [-0.15, -0.1) is 0 Å². The molecule has 146 valence electrons. The van der Waals surface area contributed by atoms with Gasteiger partial charge >= 0.3 is 0 Å². The van der Waals surface area contributed by atoms with E-state index < -0.39 is 0 Å². The summed E-state index contributed by atoms with van der Waals surface area (Å²) in [5, 5.41) is 0. The van der Waals surface area contributed by atoms with Crippen molar-refractivity contribution < 1.29 is 13.2 Å². The van der Waals surface area contributed by atoms with E-state index in [4.69, 9.17) is 5.73 Å². The number of benzene rings is 3. The zero-order chi connectivity index (χ0) is 20.4. The number of aromatic nitrogens is 2. The van der Waals surface area contributed by atoms with Gasteiger partial charge in [-0.3, -0.25) is 0 Å². The van der Waals surface area contributed by atoms with Gasteiger partial charge in [0.25, 0.3) is 0 Å². The zero-order valence-electron chi connectivity index (χ0n) is 15.4. The molecular formula is C23H18F3N3. The molecule has 0 radical (unpaired) electrons. The summed E-state index contributed by atoms with van der Waals surface area (Å²) >= 11 is 0. The summed E-state index contributed by atoms with van der Waals surface area (Å²) in [5.74, 6) is -0.377. The molecule has 0 saturated heterocycles. The number of imidazole rings is 1. The lowest BCUT2D eigenvalue weighted by Crippen LogP contribution is -2.14. The van der Waals surface area contributed by atoms with Gasteiger partial charge in [-0.05, 0) is 66.2 Å². The number of rotatable bonds is 5. The molecule has 1 heterocycles. The van der Waals surface area contributed by atoms with Gasteiger partial charge in [-0.2, -0.15) is 0 Å². The molecule has 0 bridgehead atoms. The van der Waals surface area contributed by atoms with Crippen LogP contribution >= 0.6 is 0 Å². The van der Waals surface area contributed by atoms with Crippen LogP contribution in [0, 0.1) is 17.5 Å². The fourth-order valence-corrected chi connectivity index (χ4v) is 3.20. The second kappa shape index (κ2) is 7.93. The van der Waals surface area contributed by atoms with Gasteiger partial charge < -0.3 is 10.7 Å². The molecule has 0 saturated carbocycles. The van der Waals surface area contributed by atoms with Crippen molar-refractivity contribution in [1.29, 1.82) is 0 Å². The first-order chi connectivity index (χ1) is 14.0. The number of hydrogen-bond acceptors (Lipinski definition) is 2. The summed E-state index contributed by atoms with van der Waals surface area (Å²) in [6.45, 7) is 0. The molecule has 4 aromatic rings. The van der Waals surface area contributed by atoms with E-state index in [0.29, 0.717) is 23.6 Å². The smallest absolute Gasteiger partial charge is 0.123 e. The molecule has 6 heteroatoms. The molecule has 0 aliphatic carbocycles. The average Bonchev–Trinajstić information content (AvgIpc) is 3.13. The molecule has 0 aliphatic rings. The standard InChI is InChI=1S/C23H18F3N3/c24-17-7-1-14(2-8-17)20(27)13-21-28-22(15-3-9-18(25)10-4-15)23(29-21)16-5-11-19(26)12-6-16/h1-12,20H,13,27H2,(H,28,29)/t20-/m0/s1. The summed E-state index contributed by atoms with van der Waals surface area (Å²) in [4.78, 5) is 7.93. The minimum Gasteiger partial charge on any atom is -0.341 e. The maximum atomic E-state index is 13.4. The first-order valence-corrected chi connectivity index (χ1v) is 9.11. The van der Waals surface area contributed by atoms with E-state index in [0.717, 1.165) is 16.7 Å². The van der Waals surface area contributed by atoms with E-state index in [-0.39, 0.29) is 23.5 Å². The number of H-pyrrole nitrogens is 1. The third-order valence-corrected chi connectivity index (χ3v) is 4.71. The van der Waals surface area contributed by atoms with E-state index in [2.05, 4.69) is 9.97 Å². The predicted octanol–water partition coefficient (Wildman–Crippen LogP) is 5.40. The number of halogens is 3. The van der Waals surface area contributed by atoms with E-state index in [1.807, 2.05) is 0 Å². The minimum atomic E-state index is -0.385. The van der Waals surface area contributed by atoms with Crippen LogP contribution in [0.25, 0.3) is 22.5 Å². The quantitative estimate of drug-likeness (QED) is 0.477. The SMILES string of the molecule is N[C@@H](Cc1nc(-c2ccc(F)cc2)c(-c2ccc(F)cc2)[nH]1)c1ccc(F)cc1. The molecular weight excluding hydrogens is 375 g/mol. The van der Waals surface area contributed by atoms with Crippen LogP contribution in [-0.4, -0.2) is 9.97 Å². The molecule has 0 aliphatic heterocycles. The van der Waals surface area contributed by atoms with Crippen LogP contribution in [0.1, 0.15) is 17.4 Å². The van der Waals surface area contributed by atoms with Crippen molar-refractivity contribution in [3.8, 4) is 22.5 Å². The Balaban J connectivity index is 1.71. The first kappa shape index (κ1) is 19.0. The summed E-state index contributed by atoms with van der Waals surface area (Å²) in [6.07, 6.45) is 0.390. The van der Waals surface area contributed by atoms with Crippen LogP contribution in [0.2, 0.25) is 0 Å². The van der Waals surface area contributed by atoms with Gasteiger partial charge in [0.1, 0.15) is 23.3 Å². The van der Waals surface area contributed by atoms with Crippen LogP contribution in [0.15, 0.2) is 72.8 Å². The summed E-state index contributed by atoms with van der Waals surface area (Å²) in [5.41, 5.74) is 9.85. The fraction of sp³-hybridized carbons (Fsp3) is 0.0870. The van der Waals surface area contributed by atoms with E-state index in [9.17, 15) is 13.2 Å². The number of nitrogens with one attached hydrogen (secondary N) is 1. The van der Waals surface area contributed by atoms with Crippen LogP contribution in [0.4, 0.5) is 13.2 Å².